The number of hydrogen-bond donors (Lipinski definition) is 1. The van der Waals surface area contributed by atoms with Crippen LogP contribution in [0.4, 0.5) is 5.69 Å². The van der Waals surface area contributed by atoms with Crippen molar-refractivity contribution < 1.29 is 19.0 Å². The first-order valence-electron chi connectivity index (χ1n) is 10.7. The molecule has 0 bridgehead atoms. The molecular formula is C25H24N4O6. The van der Waals surface area contributed by atoms with Gasteiger partial charge in [-0.15, -0.1) is 0 Å². The minimum Gasteiger partial charge on any atom is -0.497 e. The average Bonchev–Trinajstić information content (AvgIpc) is 2.89. The Morgan fingerprint density at radius 2 is 1.63 bits per heavy atom. The van der Waals surface area contributed by atoms with Crippen molar-refractivity contribution >= 4 is 22.6 Å². The van der Waals surface area contributed by atoms with Gasteiger partial charge in [-0.05, 0) is 42.0 Å². The molecule has 4 aromatic rings. The van der Waals surface area contributed by atoms with Gasteiger partial charge in [-0.25, -0.2) is 9.78 Å². The normalized spacial score (nSPS) is 10.7. The standard InChI is InChI=1S/C25H24N4O6/c1-33-17-8-6-16(7-9-17)14-29-24(31)23-20(5-4-12-26-23)28(25(29)32)15-22(30)27-19-13-18(34-2)10-11-21(19)35-3/h4-13H,14-15H2,1-3H3,(H,27,30). The largest absolute Gasteiger partial charge is 0.497 e. The van der Waals surface area contributed by atoms with E-state index >= 15 is 0 Å². The van der Waals surface area contributed by atoms with Crippen LogP contribution in [-0.2, 0) is 17.9 Å². The lowest BCUT2D eigenvalue weighted by molar-refractivity contribution is -0.116. The summed E-state index contributed by atoms with van der Waals surface area (Å²) in [4.78, 5) is 43.6. The van der Waals surface area contributed by atoms with Gasteiger partial charge in [-0.1, -0.05) is 12.1 Å². The number of pyridine rings is 1. The number of aromatic nitrogens is 3. The highest BCUT2D eigenvalue weighted by Gasteiger charge is 2.17. The predicted molar refractivity (Wildman–Crippen MR) is 131 cm³/mol. The minimum absolute atomic E-state index is 0.0134. The number of rotatable bonds is 8. The molecular weight excluding hydrogens is 452 g/mol. The van der Waals surface area contributed by atoms with Crippen LogP contribution in [0.2, 0.25) is 0 Å². The molecule has 2 aromatic carbocycles. The fourth-order valence-corrected chi connectivity index (χ4v) is 3.69. The maximum atomic E-state index is 13.4. The SMILES string of the molecule is COc1ccc(Cn2c(=O)c3ncccc3n(CC(=O)Nc3cc(OC)ccc3OC)c2=O)cc1. The van der Waals surface area contributed by atoms with Gasteiger partial charge < -0.3 is 19.5 Å². The zero-order valence-corrected chi connectivity index (χ0v) is 19.5. The van der Waals surface area contributed by atoms with Gasteiger partial charge in [-0.3, -0.25) is 18.7 Å². The number of benzene rings is 2. The Kier molecular flexibility index (Phi) is 6.81. The Labute approximate surface area is 200 Å². The average molecular weight is 476 g/mol. The molecule has 4 rings (SSSR count). The van der Waals surface area contributed by atoms with Gasteiger partial charge in [0.25, 0.3) is 5.56 Å². The first-order valence-corrected chi connectivity index (χ1v) is 10.7. The van der Waals surface area contributed by atoms with Crippen LogP contribution in [-0.4, -0.2) is 41.4 Å². The lowest BCUT2D eigenvalue weighted by Gasteiger charge is -2.15. The molecule has 180 valence electrons. The van der Waals surface area contributed by atoms with E-state index in [0.29, 0.717) is 22.9 Å². The summed E-state index contributed by atoms with van der Waals surface area (Å²) in [6, 6.07) is 15.2. The minimum atomic E-state index is -0.626. The molecule has 0 saturated heterocycles. The second kappa shape index (κ2) is 10.1. The number of carbonyl (C=O) groups excluding carboxylic acids is 1. The van der Waals surface area contributed by atoms with Crippen LogP contribution in [0, 0.1) is 0 Å². The fourth-order valence-electron chi connectivity index (χ4n) is 3.69. The lowest BCUT2D eigenvalue weighted by atomic mass is 10.2. The molecule has 2 heterocycles. The molecule has 0 spiro atoms. The van der Waals surface area contributed by atoms with Crippen LogP contribution in [0.1, 0.15) is 5.56 Å². The summed E-state index contributed by atoms with van der Waals surface area (Å²) in [5.41, 5.74) is 0.302. The number of amides is 1. The third-order valence-corrected chi connectivity index (χ3v) is 5.47. The Morgan fingerprint density at radius 3 is 2.31 bits per heavy atom. The Balaban J connectivity index is 1.72. The molecule has 1 N–H and O–H groups in total. The first-order chi connectivity index (χ1) is 16.9. The van der Waals surface area contributed by atoms with Gasteiger partial charge in [0.2, 0.25) is 5.91 Å². The van der Waals surface area contributed by atoms with Crippen LogP contribution in [0.5, 0.6) is 17.2 Å². The number of anilines is 1. The number of nitrogens with zero attached hydrogens (tertiary/aromatic N) is 3. The summed E-state index contributed by atoms with van der Waals surface area (Å²) >= 11 is 0. The van der Waals surface area contributed by atoms with Crippen molar-refractivity contribution in [2.24, 2.45) is 0 Å². The summed E-state index contributed by atoms with van der Waals surface area (Å²) in [6.45, 7) is -0.330. The van der Waals surface area contributed by atoms with E-state index in [9.17, 15) is 14.4 Å². The van der Waals surface area contributed by atoms with E-state index in [1.807, 2.05) is 0 Å². The third kappa shape index (κ3) is 4.86. The molecule has 0 radical (unpaired) electrons. The maximum Gasteiger partial charge on any atom is 0.332 e. The highest BCUT2D eigenvalue weighted by Crippen LogP contribution is 2.28. The number of nitrogens with one attached hydrogen (secondary N) is 1. The fraction of sp³-hybridized carbons (Fsp3) is 0.200. The lowest BCUT2D eigenvalue weighted by Crippen LogP contribution is -2.42. The van der Waals surface area contributed by atoms with Gasteiger partial charge in [0, 0.05) is 12.3 Å². The molecule has 0 fully saturated rings. The van der Waals surface area contributed by atoms with E-state index in [2.05, 4.69) is 10.3 Å². The molecule has 0 saturated carbocycles. The molecule has 0 atom stereocenters. The monoisotopic (exact) mass is 476 g/mol. The molecule has 10 nitrogen and oxygen atoms in total. The van der Waals surface area contributed by atoms with Gasteiger partial charge in [0.15, 0.2) is 5.52 Å². The number of hydrogen-bond acceptors (Lipinski definition) is 7. The van der Waals surface area contributed by atoms with Gasteiger partial charge >= 0.3 is 5.69 Å². The summed E-state index contributed by atoms with van der Waals surface area (Å²) < 4.78 is 18.0. The summed E-state index contributed by atoms with van der Waals surface area (Å²) in [7, 11) is 4.55. The Bertz CT molecular complexity index is 1490. The summed E-state index contributed by atoms with van der Waals surface area (Å²) in [5.74, 6) is 1.13. The molecule has 0 unspecified atom stereocenters. The second-order valence-corrected chi connectivity index (χ2v) is 7.59. The van der Waals surface area contributed by atoms with Crippen LogP contribution in [0.3, 0.4) is 0 Å². The maximum absolute atomic E-state index is 13.4. The first kappa shape index (κ1) is 23.6. The van der Waals surface area contributed by atoms with Gasteiger partial charge in [0.1, 0.15) is 23.8 Å². The number of methoxy groups -OCH3 is 3. The van der Waals surface area contributed by atoms with Gasteiger partial charge in [0.05, 0.1) is 39.1 Å². The van der Waals surface area contributed by atoms with Crippen LogP contribution < -0.4 is 30.8 Å². The van der Waals surface area contributed by atoms with Crippen LogP contribution in [0.25, 0.3) is 11.0 Å². The Morgan fingerprint density at radius 1 is 0.914 bits per heavy atom. The van der Waals surface area contributed by atoms with Crippen molar-refractivity contribution in [3.8, 4) is 17.2 Å². The predicted octanol–water partition coefficient (Wildman–Crippen LogP) is 2.27. The number of ether oxygens (including phenoxy) is 3. The van der Waals surface area contributed by atoms with E-state index in [0.717, 1.165) is 10.1 Å². The third-order valence-electron chi connectivity index (χ3n) is 5.47. The topological polar surface area (TPSA) is 114 Å². The summed E-state index contributed by atoms with van der Waals surface area (Å²) in [6.07, 6.45) is 1.47. The van der Waals surface area contributed by atoms with E-state index in [4.69, 9.17) is 14.2 Å². The molecule has 35 heavy (non-hydrogen) atoms. The van der Waals surface area contributed by atoms with Crippen molar-refractivity contribution in [1.82, 2.24) is 14.1 Å². The molecule has 10 heteroatoms. The quantitative estimate of drug-likeness (QED) is 0.415. The van der Waals surface area contributed by atoms with E-state index in [1.165, 1.54) is 25.0 Å². The highest BCUT2D eigenvalue weighted by molar-refractivity contribution is 5.93. The number of fused-ring (bicyclic) bond motifs is 1. The molecule has 0 aliphatic rings. The van der Waals surface area contributed by atoms with E-state index < -0.39 is 17.2 Å². The molecule has 1 amide bonds. The highest BCUT2D eigenvalue weighted by atomic mass is 16.5. The van der Waals surface area contributed by atoms with E-state index in [1.54, 1.807) is 61.7 Å². The van der Waals surface area contributed by atoms with Gasteiger partial charge in [-0.2, -0.15) is 0 Å². The van der Waals surface area contributed by atoms with Crippen LogP contribution >= 0.6 is 0 Å². The van der Waals surface area contributed by atoms with Crippen molar-refractivity contribution in [3.63, 3.8) is 0 Å². The summed E-state index contributed by atoms with van der Waals surface area (Å²) in [5, 5.41) is 2.75. The van der Waals surface area contributed by atoms with Crippen molar-refractivity contribution in [3.05, 3.63) is 87.2 Å². The van der Waals surface area contributed by atoms with Crippen molar-refractivity contribution in [2.75, 3.05) is 26.6 Å². The second-order valence-electron chi connectivity index (χ2n) is 7.59. The smallest absolute Gasteiger partial charge is 0.332 e. The van der Waals surface area contributed by atoms with Crippen LogP contribution in [0.15, 0.2) is 70.4 Å². The molecule has 2 aromatic heterocycles. The zero-order valence-electron chi connectivity index (χ0n) is 19.5. The zero-order chi connectivity index (χ0) is 24.9. The number of carbonyl (C=O) groups is 1. The van der Waals surface area contributed by atoms with Crippen molar-refractivity contribution in [1.29, 1.82) is 0 Å². The molecule has 0 aliphatic heterocycles. The van der Waals surface area contributed by atoms with E-state index in [-0.39, 0.29) is 24.1 Å². The Hall–Kier alpha value is -4.60. The molecule has 0 aliphatic carbocycles. The van der Waals surface area contributed by atoms with Crippen molar-refractivity contribution in [2.45, 2.75) is 13.1 Å².